The van der Waals surface area contributed by atoms with Crippen molar-refractivity contribution in [1.29, 1.82) is 0 Å². The van der Waals surface area contributed by atoms with E-state index in [0.717, 1.165) is 11.2 Å². The minimum Gasteiger partial charge on any atom is -0.456 e. The summed E-state index contributed by atoms with van der Waals surface area (Å²) in [6, 6.07) is 26.4. The zero-order chi connectivity index (χ0) is 22.0. The molecule has 0 amide bonds. The van der Waals surface area contributed by atoms with Crippen LogP contribution in [0.15, 0.2) is 77.2 Å². The number of para-hydroxylation sites is 1. The number of benzene rings is 4. The Labute approximate surface area is 184 Å². The molecule has 31 heavy (non-hydrogen) atoms. The molecule has 1 heterocycles. The van der Waals surface area contributed by atoms with E-state index in [1.54, 1.807) is 0 Å². The quantitative estimate of drug-likeness (QED) is 0.271. The van der Waals surface area contributed by atoms with E-state index in [1.165, 1.54) is 43.8 Å². The molecule has 0 saturated heterocycles. The summed E-state index contributed by atoms with van der Waals surface area (Å²) < 4.78 is 6.35. The molecule has 5 aromatic rings. The molecule has 0 aliphatic carbocycles. The van der Waals surface area contributed by atoms with Crippen molar-refractivity contribution in [2.75, 3.05) is 0 Å². The third kappa shape index (κ3) is 3.24. The number of rotatable bonds is 1. The molecule has 0 aliphatic rings. The fourth-order valence-electron chi connectivity index (χ4n) is 4.74. The molecule has 0 atom stereocenters. The van der Waals surface area contributed by atoms with Gasteiger partial charge in [-0.15, -0.1) is 0 Å². The molecule has 0 bridgehead atoms. The van der Waals surface area contributed by atoms with Gasteiger partial charge in [0.1, 0.15) is 11.2 Å². The van der Waals surface area contributed by atoms with E-state index >= 15 is 0 Å². The highest BCUT2D eigenvalue weighted by Gasteiger charge is 2.24. The lowest BCUT2D eigenvalue weighted by molar-refractivity contribution is 0.573. The predicted molar refractivity (Wildman–Crippen MR) is 134 cm³/mol. The molecular formula is C30H30O. The van der Waals surface area contributed by atoms with Crippen molar-refractivity contribution in [2.45, 2.75) is 52.4 Å². The predicted octanol–water partition coefficient (Wildman–Crippen LogP) is 9.00. The van der Waals surface area contributed by atoms with Gasteiger partial charge in [-0.3, -0.25) is 0 Å². The van der Waals surface area contributed by atoms with Gasteiger partial charge in [-0.2, -0.15) is 0 Å². The highest BCUT2D eigenvalue weighted by atomic mass is 16.3. The van der Waals surface area contributed by atoms with Crippen LogP contribution in [-0.2, 0) is 10.8 Å². The van der Waals surface area contributed by atoms with E-state index in [-0.39, 0.29) is 10.8 Å². The van der Waals surface area contributed by atoms with E-state index in [9.17, 15) is 0 Å². The Hall–Kier alpha value is -3.06. The Balaban J connectivity index is 1.88. The summed E-state index contributed by atoms with van der Waals surface area (Å²) in [5, 5.41) is 5.02. The summed E-state index contributed by atoms with van der Waals surface area (Å²) in [5.74, 6) is 0. The molecule has 5 rings (SSSR count). The largest absolute Gasteiger partial charge is 0.456 e. The topological polar surface area (TPSA) is 13.1 Å². The molecule has 0 saturated carbocycles. The smallest absolute Gasteiger partial charge is 0.139 e. The Morgan fingerprint density at radius 2 is 1.16 bits per heavy atom. The van der Waals surface area contributed by atoms with Gasteiger partial charge >= 0.3 is 0 Å². The number of fused-ring (bicyclic) bond motifs is 4. The average molecular weight is 407 g/mol. The Bertz CT molecular complexity index is 1440. The summed E-state index contributed by atoms with van der Waals surface area (Å²) >= 11 is 0. The van der Waals surface area contributed by atoms with E-state index in [1.807, 2.05) is 6.07 Å². The third-order valence-corrected chi connectivity index (χ3v) is 6.33. The van der Waals surface area contributed by atoms with E-state index in [4.69, 9.17) is 4.42 Å². The highest BCUT2D eigenvalue weighted by molar-refractivity contribution is 6.09. The molecule has 0 fully saturated rings. The van der Waals surface area contributed by atoms with Crippen molar-refractivity contribution < 1.29 is 4.42 Å². The minimum atomic E-state index is -0.0245. The van der Waals surface area contributed by atoms with Crippen LogP contribution in [0.25, 0.3) is 43.8 Å². The van der Waals surface area contributed by atoms with Gasteiger partial charge < -0.3 is 4.42 Å². The Kier molecular flexibility index (Phi) is 4.31. The zero-order valence-electron chi connectivity index (χ0n) is 19.3. The summed E-state index contributed by atoms with van der Waals surface area (Å²) in [6.45, 7) is 13.7. The van der Waals surface area contributed by atoms with Gasteiger partial charge in [0.2, 0.25) is 0 Å². The molecule has 0 unspecified atom stereocenters. The van der Waals surface area contributed by atoms with Crippen LogP contribution >= 0.6 is 0 Å². The van der Waals surface area contributed by atoms with Crippen molar-refractivity contribution in [1.82, 2.24) is 0 Å². The monoisotopic (exact) mass is 406 g/mol. The Morgan fingerprint density at radius 1 is 0.548 bits per heavy atom. The van der Waals surface area contributed by atoms with Crippen molar-refractivity contribution >= 4 is 32.7 Å². The summed E-state index contributed by atoms with van der Waals surface area (Å²) in [6.07, 6.45) is 0. The highest BCUT2D eigenvalue weighted by Crippen LogP contribution is 2.42. The van der Waals surface area contributed by atoms with Crippen LogP contribution in [0.4, 0.5) is 0 Å². The lowest BCUT2D eigenvalue weighted by Gasteiger charge is -2.24. The van der Waals surface area contributed by atoms with Crippen LogP contribution in [0.5, 0.6) is 0 Å². The van der Waals surface area contributed by atoms with Crippen molar-refractivity contribution in [3.05, 3.63) is 83.9 Å². The summed E-state index contributed by atoms with van der Waals surface area (Å²) in [4.78, 5) is 0. The molecule has 0 radical (unpaired) electrons. The van der Waals surface area contributed by atoms with Crippen LogP contribution in [0.2, 0.25) is 0 Å². The second-order valence-corrected chi connectivity index (χ2v) is 10.7. The first-order chi connectivity index (χ1) is 14.6. The van der Waals surface area contributed by atoms with Crippen LogP contribution in [-0.4, -0.2) is 0 Å². The van der Waals surface area contributed by atoms with Crippen LogP contribution in [0.3, 0.4) is 0 Å². The van der Waals surface area contributed by atoms with Gasteiger partial charge in [0, 0.05) is 16.3 Å². The van der Waals surface area contributed by atoms with Crippen molar-refractivity contribution in [3.8, 4) is 11.1 Å². The van der Waals surface area contributed by atoms with Gasteiger partial charge in [0.25, 0.3) is 0 Å². The average Bonchev–Trinajstić information content (AvgIpc) is 3.09. The lowest BCUT2D eigenvalue weighted by atomic mass is 9.80. The lowest BCUT2D eigenvalue weighted by Crippen LogP contribution is -2.12. The van der Waals surface area contributed by atoms with Gasteiger partial charge in [0.15, 0.2) is 0 Å². The summed E-state index contributed by atoms with van der Waals surface area (Å²) in [5.41, 5.74) is 7.20. The molecule has 1 nitrogen and oxygen atoms in total. The van der Waals surface area contributed by atoms with Gasteiger partial charge in [-0.25, -0.2) is 0 Å². The third-order valence-electron chi connectivity index (χ3n) is 6.33. The van der Waals surface area contributed by atoms with Gasteiger partial charge in [-0.05, 0) is 56.5 Å². The first-order valence-corrected chi connectivity index (χ1v) is 11.1. The van der Waals surface area contributed by atoms with Crippen LogP contribution < -0.4 is 0 Å². The van der Waals surface area contributed by atoms with Gasteiger partial charge in [-0.1, -0.05) is 96.1 Å². The Morgan fingerprint density at radius 3 is 1.84 bits per heavy atom. The fourth-order valence-corrected chi connectivity index (χ4v) is 4.74. The normalized spacial score (nSPS) is 12.8. The van der Waals surface area contributed by atoms with E-state index in [0.29, 0.717) is 0 Å². The second-order valence-electron chi connectivity index (χ2n) is 10.7. The maximum atomic E-state index is 6.35. The number of furan rings is 1. The van der Waals surface area contributed by atoms with E-state index < -0.39 is 0 Å². The fraction of sp³-hybridized carbons (Fsp3) is 0.267. The molecule has 0 spiro atoms. The maximum Gasteiger partial charge on any atom is 0.139 e. The molecule has 1 heteroatoms. The van der Waals surface area contributed by atoms with Crippen LogP contribution in [0, 0.1) is 0 Å². The number of hydrogen-bond donors (Lipinski definition) is 0. The first-order valence-electron chi connectivity index (χ1n) is 11.1. The molecule has 156 valence electrons. The first kappa shape index (κ1) is 19.9. The standard InChI is InChI=1S/C30H30O/c1-29(2,3)25-16-15-20(21-11-7-8-12-22(21)25)19-17-24-23-13-9-10-14-27(23)31-28(24)26(18-19)30(4,5)6/h7-18H,1-6H3. The minimum absolute atomic E-state index is 0.0245. The van der Waals surface area contributed by atoms with Crippen LogP contribution in [0.1, 0.15) is 52.7 Å². The second kappa shape index (κ2) is 6.72. The molecule has 0 N–H and O–H groups in total. The van der Waals surface area contributed by atoms with E-state index in [2.05, 4.69) is 108 Å². The van der Waals surface area contributed by atoms with Crippen molar-refractivity contribution in [3.63, 3.8) is 0 Å². The molecule has 4 aromatic carbocycles. The number of hydrogen-bond acceptors (Lipinski definition) is 1. The SMILES string of the molecule is CC(C)(C)c1ccc(-c2cc(C(C)(C)C)c3oc4ccccc4c3c2)c2ccccc12. The molecule has 1 aromatic heterocycles. The zero-order valence-corrected chi connectivity index (χ0v) is 19.3. The maximum absolute atomic E-state index is 6.35. The van der Waals surface area contributed by atoms with Crippen molar-refractivity contribution in [2.24, 2.45) is 0 Å². The molecule has 0 aliphatic heterocycles. The summed E-state index contributed by atoms with van der Waals surface area (Å²) in [7, 11) is 0. The molecular weight excluding hydrogens is 376 g/mol. The van der Waals surface area contributed by atoms with Gasteiger partial charge in [0.05, 0.1) is 0 Å².